The number of aryl methyl sites for hydroxylation is 1. The molecule has 1 unspecified atom stereocenters. The van der Waals surface area contributed by atoms with E-state index in [0.717, 1.165) is 6.07 Å². The lowest BCUT2D eigenvalue weighted by atomic mass is 9.98. The Kier molecular flexibility index (Phi) is 4.45. The molecule has 0 bridgehead atoms. The fourth-order valence-electron chi connectivity index (χ4n) is 1.49. The van der Waals surface area contributed by atoms with Gasteiger partial charge in [-0.1, -0.05) is 12.1 Å². The first-order valence-electron chi connectivity index (χ1n) is 6.15. The molecule has 19 heavy (non-hydrogen) atoms. The lowest BCUT2D eigenvalue weighted by Crippen LogP contribution is -2.31. The van der Waals surface area contributed by atoms with Gasteiger partial charge in [0.2, 0.25) is 0 Å². The molecule has 1 aromatic rings. The van der Waals surface area contributed by atoms with Crippen molar-refractivity contribution in [2.24, 2.45) is 5.92 Å². The molecule has 0 N–H and O–H groups in total. The van der Waals surface area contributed by atoms with E-state index in [2.05, 4.69) is 0 Å². The topological polar surface area (TPSA) is 43.4 Å². The second-order valence-corrected chi connectivity index (χ2v) is 5.58. The highest BCUT2D eigenvalue weighted by Gasteiger charge is 2.28. The molecule has 3 nitrogen and oxygen atoms in total. The molecule has 0 heterocycles. The van der Waals surface area contributed by atoms with E-state index >= 15 is 0 Å². The van der Waals surface area contributed by atoms with Crippen molar-refractivity contribution in [2.75, 3.05) is 0 Å². The van der Waals surface area contributed by atoms with Gasteiger partial charge >= 0.3 is 5.97 Å². The highest BCUT2D eigenvalue weighted by Crippen LogP contribution is 2.17. The van der Waals surface area contributed by atoms with Crippen LogP contribution in [0.2, 0.25) is 0 Å². The molecule has 0 aromatic heterocycles. The number of Topliss-reactive ketones (excluding diaryl/α,β-unsaturated/α-hetero) is 1. The molecule has 0 aliphatic rings. The third-order valence-corrected chi connectivity index (χ3v) is 2.61. The van der Waals surface area contributed by atoms with Crippen LogP contribution in [0.3, 0.4) is 0 Å². The summed E-state index contributed by atoms with van der Waals surface area (Å²) in [7, 11) is 0. The van der Waals surface area contributed by atoms with Gasteiger partial charge in [0.05, 0.1) is 0 Å². The number of benzene rings is 1. The van der Waals surface area contributed by atoms with Crippen LogP contribution in [0.1, 0.15) is 43.6 Å². The summed E-state index contributed by atoms with van der Waals surface area (Å²) in [6.45, 7) is 8.27. The maximum Gasteiger partial charge on any atom is 0.317 e. The fraction of sp³-hybridized carbons (Fsp3) is 0.467. The second-order valence-electron chi connectivity index (χ2n) is 5.58. The van der Waals surface area contributed by atoms with Gasteiger partial charge in [-0.3, -0.25) is 9.59 Å². The van der Waals surface area contributed by atoms with Gasteiger partial charge in [0.15, 0.2) is 5.78 Å². The summed E-state index contributed by atoms with van der Waals surface area (Å²) < 4.78 is 18.5. The predicted octanol–water partition coefficient (Wildman–Crippen LogP) is 3.29. The van der Waals surface area contributed by atoms with Crippen LogP contribution in [0.25, 0.3) is 0 Å². The van der Waals surface area contributed by atoms with Crippen LogP contribution in [0, 0.1) is 18.7 Å². The second kappa shape index (κ2) is 5.51. The van der Waals surface area contributed by atoms with E-state index in [1.807, 2.05) is 0 Å². The summed E-state index contributed by atoms with van der Waals surface area (Å²) in [4.78, 5) is 23.9. The van der Waals surface area contributed by atoms with Crippen molar-refractivity contribution in [3.05, 3.63) is 35.1 Å². The van der Waals surface area contributed by atoms with Crippen molar-refractivity contribution >= 4 is 11.8 Å². The summed E-state index contributed by atoms with van der Waals surface area (Å²) in [6, 6.07) is 4.19. The smallest absolute Gasteiger partial charge is 0.317 e. The van der Waals surface area contributed by atoms with E-state index < -0.39 is 29.1 Å². The molecule has 104 valence electrons. The first kappa shape index (κ1) is 15.3. The summed E-state index contributed by atoms with van der Waals surface area (Å²) in [5.41, 5.74) is -0.00706. The third-order valence-electron chi connectivity index (χ3n) is 2.61. The molecule has 0 aliphatic carbocycles. The molecule has 1 aromatic carbocycles. The largest absolute Gasteiger partial charge is 0.459 e. The minimum absolute atomic E-state index is 0.182. The van der Waals surface area contributed by atoms with E-state index in [0.29, 0.717) is 5.56 Å². The molecule has 0 aliphatic heterocycles. The zero-order valence-corrected chi connectivity index (χ0v) is 11.9. The summed E-state index contributed by atoms with van der Waals surface area (Å²) in [6.07, 6.45) is 0. The molecular formula is C15H19FO3. The van der Waals surface area contributed by atoms with Gasteiger partial charge in [-0.05, 0) is 46.2 Å². The number of ether oxygens (including phenoxy) is 1. The lowest BCUT2D eigenvalue weighted by Gasteiger charge is -2.21. The van der Waals surface area contributed by atoms with Crippen LogP contribution in [0.5, 0.6) is 0 Å². The number of hydrogen-bond donors (Lipinski definition) is 0. The monoisotopic (exact) mass is 266 g/mol. The predicted molar refractivity (Wildman–Crippen MR) is 70.5 cm³/mol. The van der Waals surface area contributed by atoms with Crippen LogP contribution in [-0.4, -0.2) is 17.4 Å². The van der Waals surface area contributed by atoms with Gasteiger partial charge in [-0.15, -0.1) is 0 Å². The minimum Gasteiger partial charge on any atom is -0.459 e. The number of ketones is 1. The number of esters is 1. The minimum atomic E-state index is -0.943. The van der Waals surface area contributed by atoms with E-state index in [4.69, 9.17) is 4.74 Å². The van der Waals surface area contributed by atoms with E-state index in [9.17, 15) is 14.0 Å². The number of carbonyl (C=O) groups is 2. The summed E-state index contributed by atoms with van der Waals surface area (Å²) in [5.74, 6) is -2.43. The molecule has 4 heteroatoms. The van der Waals surface area contributed by atoms with Crippen LogP contribution >= 0.6 is 0 Å². The molecule has 1 atom stereocenters. The van der Waals surface area contributed by atoms with Crippen molar-refractivity contribution in [1.82, 2.24) is 0 Å². The number of rotatable bonds is 3. The SMILES string of the molecule is Cc1ccc(C(=O)C(C)C(=O)OC(C)(C)C)cc1F. The van der Waals surface area contributed by atoms with Gasteiger partial charge in [0.25, 0.3) is 0 Å². The first-order chi connectivity index (χ1) is 8.61. The maximum atomic E-state index is 13.4. The number of hydrogen-bond acceptors (Lipinski definition) is 3. The Bertz CT molecular complexity index is 501. The molecule has 0 amide bonds. The highest BCUT2D eigenvalue weighted by atomic mass is 19.1. The first-order valence-corrected chi connectivity index (χ1v) is 6.15. The molecule has 0 saturated heterocycles. The standard InChI is InChI=1S/C15H19FO3/c1-9-6-7-11(8-12(9)16)13(17)10(2)14(18)19-15(3,4)5/h6-8,10H,1-5H3. The van der Waals surface area contributed by atoms with Gasteiger partial charge in [-0.2, -0.15) is 0 Å². The molecule has 1 rings (SSSR count). The number of halogens is 1. The molecule has 0 fully saturated rings. The van der Waals surface area contributed by atoms with Gasteiger partial charge < -0.3 is 4.74 Å². The Morgan fingerprint density at radius 3 is 2.32 bits per heavy atom. The average molecular weight is 266 g/mol. The van der Waals surface area contributed by atoms with Crippen LogP contribution in [0.4, 0.5) is 4.39 Å². The van der Waals surface area contributed by atoms with Crippen molar-refractivity contribution in [1.29, 1.82) is 0 Å². The maximum absolute atomic E-state index is 13.4. The summed E-state index contributed by atoms with van der Waals surface area (Å²) in [5, 5.41) is 0. The quantitative estimate of drug-likeness (QED) is 0.479. The molecule has 0 saturated carbocycles. The van der Waals surface area contributed by atoms with Gasteiger partial charge in [-0.25, -0.2) is 4.39 Å². The molecule has 0 spiro atoms. The fourth-order valence-corrected chi connectivity index (χ4v) is 1.49. The van der Waals surface area contributed by atoms with E-state index in [-0.39, 0.29) is 5.56 Å². The summed E-state index contributed by atoms with van der Waals surface area (Å²) >= 11 is 0. The van der Waals surface area contributed by atoms with Gasteiger partial charge in [0, 0.05) is 5.56 Å². The Balaban J connectivity index is 2.87. The zero-order chi connectivity index (χ0) is 14.8. The molecular weight excluding hydrogens is 247 g/mol. The Morgan fingerprint density at radius 1 is 1.26 bits per heavy atom. The van der Waals surface area contributed by atoms with Crippen LogP contribution < -0.4 is 0 Å². The van der Waals surface area contributed by atoms with E-state index in [1.165, 1.54) is 19.1 Å². The van der Waals surface area contributed by atoms with E-state index in [1.54, 1.807) is 27.7 Å². The van der Waals surface area contributed by atoms with Crippen molar-refractivity contribution < 1.29 is 18.7 Å². The van der Waals surface area contributed by atoms with Gasteiger partial charge in [0.1, 0.15) is 17.3 Å². The highest BCUT2D eigenvalue weighted by molar-refractivity contribution is 6.08. The van der Waals surface area contributed by atoms with Crippen molar-refractivity contribution in [3.63, 3.8) is 0 Å². The van der Waals surface area contributed by atoms with Crippen molar-refractivity contribution in [2.45, 2.75) is 40.2 Å². The number of carbonyl (C=O) groups excluding carboxylic acids is 2. The van der Waals surface area contributed by atoms with Crippen molar-refractivity contribution in [3.8, 4) is 0 Å². The van der Waals surface area contributed by atoms with Crippen LogP contribution in [-0.2, 0) is 9.53 Å². The zero-order valence-electron chi connectivity index (χ0n) is 11.9. The van der Waals surface area contributed by atoms with Crippen LogP contribution in [0.15, 0.2) is 18.2 Å². The molecule has 0 radical (unpaired) electrons. The Labute approximate surface area is 112 Å². The lowest BCUT2D eigenvalue weighted by molar-refractivity contribution is -0.157. The Morgan fingerprint density at radius 2 is 1.84 bits per heavy atom. The third kappa shape index (κ3) is 4.16. The average Bonchev–Trinajstić information content (AvgIpc) is 2.28. The normalized spacial score (nSPS) is 12.9. The Hall–Kier alpha value is -1.71.